The highest BCUT2D eigenvalue weighted by molar-refractivity contribution is 9.13. The summed E-state index contributed by atoms with van der Waals surface area (Å²) >= 11 is 7.04. The number of anilines is 1. The van der Waals surface area contributed by atoms with Crippen LogP contribution < -0.4 is 19.9 Å². The van der Waals surface area contributed by atoms with Gasteiger partial charge in [-0.3, -0.25) is 15.0 Å². The van der Waals surface area contributed by atoms with Gasteiger partial charge in [0.15, 0.2) is 11.5 Å². The van der Waals surface area contributed by atoms with Crippen molar-refractivity contribution in [1.82, 2.24) is 5.43 Å². The summed E-state index contributed by atoms with van der Waals surface area (Å²) in [5.74, 6) is -0.171. The van der Waals surface area contributed by atoms with Gasteiger partial charge in [-0.2, -0.15) is 5.26 Å². The van der Waals surface area contributed by atoms with E-state index in [2.05, 4.69) is 43.4 Å². The fourth-order valence-corrected chi connectivity index (χ4v) is 4.32. The second kappa shape index (κ2) is 10.1. The number of nitriles is 1. The molecule has 1 saturated heterocycles. The number of amides is 2. The highest BCUT2D eigenvalue weighted by Crippen LogP contribution is 2.44. The number of nitrogens with zero attached hydrogens (tertiary/aromatic N) is 2. The predicted octanol–water partition coefficient (Wildman–Crippen LogP) is 5.13. The largest absolute Gasteiger partial charge is 0.493 e. The number of nitrogens with one attached hydrogen (secondary N) is 1. The number of carbonyl (C=O) groups is 2. The monoisotopic (exact) mass is 581 g/mol. The minimum absolute atomic E-state index is 0.0184. The van der Waals surface area contributed by atoms with Crippen LogP contribution in [0.1, 0.15) is 16.7 Å². The molecular formula is C25H17Br2N3O4. The first-order chi connectivity index (χ1) is 16.4. The van der Waals surface area contributed by atoms with Gasteiger partial charge in [0, 0.05) is 10.0 Å². The van der Waals surface area contributed by atoms with Crippen LogP contribution in [0.2, 0.25) is 0 Å². The van der Waals surface area contributed by atoms with Crippen molar-refractivity contribution >= 4 is 55.4 Å². The van der Waals surface area contributed by atoms with E-state index in [0.717, 1.165) is 5.56 Å². The molecule has 3 aromatic rings. The molecule has 1 heterocycles. The van der Waals surface area contributed by atoms with Gasteiger partial charge in [-0.25, -0.2) is 5.01 Å². The van der Waals surface area contributed by atoms with Crippen LogP contribution in [-0.4, -0.2) is 18.9 Å². The number of carbonyl (C=O) groups excluding carboxylic acids is 2. The summed E-state index contributed by atoms with van der Waals surface area (Å²) in [5, 5.41) is 10.5. The van der Waals surface area contributed by atoms with Crippen molar-refractivity contribution in [2.75, 3.05) is 12.1 Å². The molecule has 34 heavy (non-hydrogen) atoms. The lowest BCUT2D eigenvalue weighted by molar-refractivity contribution is -0.117. The molecule has 7 nitrogen and oxygen atoms in total. The third-order valence-corrected chi connectivity index (χ3v) is 7.23. The van der Waals surface area contributed by atoms with E-state index in [-0.39, 0.29) is 12.2 Å². The standard InChI is InChI=1S/C25H17Br2N3O4/c1-33-20-12-17(11-19-24(31)29-30(25(19)32)18-9-3-2-4-10-18)21(26)22(27)23(20)34-14-16-8-6-5-7-15(16)13-28/h2-12H,14H2,1H3,(H,29,31)/b19-11-. The summed E-state index contributed by atoms with van der Waals surface area (Å²) in [6, 6.07) is 19.8. The Labute approximate surface area is 212 Å². The Morgan fingerprint density at radius 2 is 1.76 bits per heavy atom. The Balaban J connectivity index is 1.66. The number of hydrazine groups is 1. The Hall–Kier alpha value is -3.61. The molecule has 9 heteroatoms. The van der Waals surface area contributed by atoms with Gasteiger partial charge in [0.25, 0.3) is 11.8 Å². The maximum atomic E-state index is 12.9. The van der Waals surface area contributed by atoms with Crippen molar-refractivity contribution < 1.29 is 19.1 Å². The molecule has 0 spiro atoms. The number of para-hydroxylation sites is 1. The molecule has 0 saturated carbocycles. The Kier molecular flexibility index (Phi) is 7.01. The number of hydrogen-bond acceptors (Lipinski definition) is 5. The average molecular weight is 583 g/mol. The molecule has 0 aliphatic carbocycles. The zero-order valence-electron chi connectivity index (χ0n) is 17.8. The van der Waals surface area contributed by atoms with Crippen LogP contribution in [0, 0.1) is 11.3 Å². The third-order valence-electron chi connectivity index (χ3n) is 5.09. The first kappa shape index (κ1) is 23.5. The van der Waals surface area contributed by atoms with E-state index in [1.165, 1.54) is 18.2 Å². The summed E-state index contributed by atoms with van der Waals surface area (Å²) in [6.07, 6.45) is 1.49. The third kappa shape index (κ3) is 4.55. The number of benzene rings is 3. The highest BCUT2D eigenvalue weighted by atomic mass is 79.9. The average Bonchev–Trinajstić information content (AvgIpc) is 3.15. The molecule has 170 valence electrons. The van der Waals surface area contributed by atoms with Crippen molar-refractivity contribution in [3.63, 3.8) is 0 Å². The number of halogens is 2. The van der Waals surface area contributed by atoms with Crippen LogP contribution in [0.3, 0.4) is 0 Å². The van der Waals surface area contributed by atoms with E-state index < -0.39 is 11.8 Å². The molecule has 1 fully saturated rings. The molecule has 0 atom stereocenters. The fourth-order valence-electron chi connectivity index (χ4n) is 3.37. The first-order valence-corrected chi connectivity index (χ1v) is 11.6. The van der Waals surface area contributed by atoms with E-state index in [9.17, 15) is 14.9 Å². The fraction of sp³-hybridized carbons (Fsp3) is 0.0800. The van der Waals surface area contributed by atoms with E-state index in [1.54, 1.807) is 42.5 Å². The molecule has 3 aromatic carbocycles. The zero-order chi connectivity index (χ0) is 24.2. The van der Waals surface area contributed by atoms with E-state index in [4.69, 9.17) is 9.47 Å². The molecule has 0 radical (unpaired) electrons. The van der Waals surface area contributed by atoms with Crippen LogP contribution >= 0.6 is 31.9 Å². The normalized spacial score (nSPS) is 14.2. The van der Waals surface area contributed by atoms with Gasteiger partial charge >= 0.3 is 0 Å². The summed E-state index contributed by atoms with van der Waals surface area (Å²) in [4.78, 5) is 25.5. The van der Waals surface area contributed by atoms with Crippen LogP contribution in [0.4, 0.5) is 5.69 Å². The van der Waals surface area contributed by atoms with Gasteiger partial charge < -0.3 is 9.47 Å². The van der Waals surface area contributed by atoms with E-state index in [0.29, 0.717) is 37.3 Å². The summed E-state index contributed by atoms with van der Waals surface area (Å²) < 4.78 is 12.6. The Morgan fingerprint density at radius 3 is 2.47 bits per heavy atom. The SMILES string of the molecule is COc1cc(/C=C2/C(=O)NN(c3ccccc3)C2=O)c(Br)c(Br)c1OCc1ccccc1C#N. The van der Waals surface area contributed by atoms with Crippen LogP contribution in [0.15, 0.2) is 75.2 Å². The molecule has 4 rings (SSSR count). The minimum atomic E-state index is -0.510. The molecule has 0 aromatic heterocycles. The van der Waals surface area contributed by atoms with Crippen LogP contribution in [-0.2, 0) is 16.2 Å². The lowest BCUT2D eigenvalue weighted by Crippen LogP contribution is -2.35. The second-order valence-electron chi connectivity index (χ2n) is 7.16. The van der Waals surface area contributed by atoms with Crippen molar-refractivity contribution in [1.29, 1.82) is 5.26 Å². The smallest absolute Gasteiger partial charge is 0.282 e. The van der Waals surface area contributed by atoms with Gasteiger partial charge in [-0.15, -0.1) is 0 Å². The van der Waals surface area contributed by atoms with Gasteiger partial charge in [-0.05, 0) is 67.8 Å². The quantitative estimate of drug-likeness (QED) is 0.321. The first-order valence-electron chi connectivity index (χ1n) is 10.0. The van der Waals surface area contributed by atoms with Crippen molar-refractivity contribution in [2.24, 2.45) is 0 Å². The molecule has 1 N–H and O–H groups in total. The van der Waals surface area contributed by atoms with Gasteiger partial charge in [-0.1, -0.05) is 36.4 Å². The Morgan fingerprint density at radius 1 is 1.06 bits per heavy atom. The topological polar surface area (TPSA) is 91.7 Å². The highest BCUT2D eigenvalue weighted by Gasteiger charge is 2.34. The van der Waals surface area contributed by atoms with Crippen molar-refractivity contribution in [3.8, 4) is 17.6 Å². The molecule has 1 aliphatic rings. The number of hydrogen-bond donors (Lipinski definition) is 1. The van der Waals surface area contributed by atoms with Crippen LogP contribution in [0.25, 0.3) is 6.08 Å². The number of rotatable bonds is 6. The van der Waals surface area contributed by atoms with Crippen molar-refractivity contribution in [2.45, 2.75) is 6.61 Å². The second-order valence-corrected chi connectivity index (χ2v) is 8.74. The van der Waals surface area contributed by atoms with E-state index >= 15 is 0 Å². The summed E-state index contributed by atoms with van der Waals surface area (Å²) in [7, 11) is 1.49. The summed E-state index contributed by atoms with van der Waals surface area (Å²) in [5.41, 5.74) is 4.92. The number of ether oxygens (including phenoxy) is 2. The lowest BCUT2D eigenvalue weighted by atomic mass is 10.1. The maximum absolute atomic E-state index is 12.9. The zero-order valence-corrected chi connectivity index (χ0v) is 21.0. The number of methoxy groups -OCH3 is 1. The molecular weight excluding hydrogens is 566 g/mol. The van der Waals surface area contributed by atoms with Gasteiger partial charge in [0.1, 0.15) is 12.2 Å². The molecule has 2 amide bonds. The minimum Gasteiger partial charge on any atom is -0.493 e. The summed E-state index contributed by atoms with van der Waals surface area (Å²) in [6.45, 7) is 0.151. The van der Waals surface area contributed by atoms with Crippen LogP contribution in [0.5, 0.6) is 11.5 Å². The lowest BCUT2D eigenvalue weighted by Gasteiger charge is -2.16. The van der Waals surface area contributed by atoms with E-state index in [1.807, 2.05) is 18.2 Å². The predicted molar refractivity (Wildman–Crippen MR) is 134 cm³/mol. The van der Waals surface area contributed by atoms with Gasteiger partial charge in [0.05, 0.1) is 28.9 Å². The molecule has 0 bridgehead atoms. The maximum Gasteiger partial charge on any atom is 0.282 e. The van der Waals surface area contributed by atoms with Gasteiger partial charge in [0.2, 0.25) is 0 Å². The van der Waals surface area contributed by atoms with Crippen molar-refractivity contribution in [3.05, 3.63) is 91.9 Å². The molecule has 0 unspecified atom stereocenters. The Bertz CT molecular complexity index is 1350. The molecule has 1 aliphatic heterocycles.